The van der Waals surface area contributed by atoms with Gasteiger partial charge in [-0.05, 0) is 31.4 Å². The Morgan fingerprint density at radius 2 is 1.62 bits per heavy atom. The summed E-state index contributed by atoms with van der Waals surface area (Å²) in [6, 6.07) is 3.41. The molecule has 0 amide bonds. The van der Waals surface area contributed by atoms with Crippen LogP contribution in [0.2, 0.25) is 0 Å². The van der Waals surface area contributed by atoms with E-state index in [0.29, 0.717) is 6.54 Å². The lowest BCUT2D eigenvalue weighted by atomic mass is 10.1. The Kier molecular flexibility index (Phi) is 15.3. The molecule has 0 saturated heterocycles. The van der Waals surface area contributed by atoms with Crippen molar-refractivity contribution in [1.29, 1.82) is 0 Å². The zero-order chi connectivity index (χ0) is 26.9. The van der Waals surface area contributed by atoms with Gasteiger partial charge in [-0.1, -0.05) is 82.5 Å². The number of rotatable bonds is 20. The molecule has 1 heterocycles. The number of carbonyl (C=O) groups is 2. The fourth-order valence-electron chi connectivity index (χ4n) is 4.31. The number of ether oxygens (including phenoxy) is 1. The van der Waals surface area contributed by atoms with E-state index in [1.54, 1.807) is 17.2 Å². The number of hydroxylamine groups is 2. The Morgan fingerprint density at radius 1 is 1.00 bits per heavy atom. The molecule has 11 heteroatoms. The number of carbonyl (C=O) groups excluding carboxylic acids is 2. The second-order valence-electron chi connectivity index (χ2n) is 9.62. The molecule has 0 aromatic carbocycles. The van der Waals surface area contributed by atoms with Crippen LogP contribution in [0.3, 0.4) is 0 Å². The molecule has 1 fully saturated rings. The normalized spacial score (nSPS) is 14.4. The number of hydrogen-bond donors (Lipinski definition) is 1. The van der Waals surface area contributed by atoms with Crippen molar-refractivity contribution in [3.63, 3.8) is 0 Å². The first-order valence-electron chi connectivity index (χ1n) is 13.7. The van der Waals surface area contributed by atoms with E-state index in [-0.39, 0.29) is 16.8 Å². The van der Waals surface area contributed by atoms with Crippen molar-refractivity contribution in [2.75, 3.05) is 13.2 Å². The fourth-order valence-corrected chi connectivity index (χ4v) is 6.78. The van der Waals surface area contributed by atoms with E-state index in [4.69, 9.17) is 9.88 Å². The van der Waals surface area contributed by atoms with Crippen LogP contribution in [-0.2, 0) is 40.8 Å². The molecule has 0 aliphatic heterocycles. The van der Waals surface area contributed by atoms with Gasteiger partial charge >= 0.3 is 11.9 Å². The standard InChI is InChI=1S/C26H44N2O7S2/c1-3-4-5-6-7-8-9-10-11-14-19-27-37(31,32)26-18-17-24(36-26)20-28(23-15-12-13-16-23)35-34-25(30)21-33-22(2)29/h17-18,23,27H,3-16,19-21H2,1-2H3. The molecule has 212 valence electrons. The molecular formula is C26H44N2O7S2. The summed E-state index contributed by atoms with van der Waals surface area (Å²) in [5.74, 6) is -1.40. The summed E-state index contributed by atoms with van der Waals surface area (Å²) in [5, 5.41) is 1.57. The van der Waals surface area contributed by atoms with Gasteiger partial charge in [0.1, 0.15) is 4.21 Å². The summed E-state index contributed by atoms with van der Waals surface area (Å²) in [5.41, 5.74) is 0. The first-order chi connectivity index (χ1) is 17.8. The van der Waals surface area contributed by atoms with Crippen LogP contribution in [0.1, 0.15) is 109 Å². The summed E-state index contributed by atoms with van der Waals surface area (Å²) < 4.78 is 33.1. The van der Waals surface area contributed by atoms with E-state index in [1.165, 1.54) is 63.2 Å². The van der Waals surface area contributed by atoms with Crippen LogP contribution in [0.25, 0.3) is 0 Å². The Labute approximate surface area is 226 Å². The lowest BCUT2D eigenvalue weighted by molar-refractivity contribution is -0.412. The van der Waals surface area contributed by atoms with Crippen molar-refractivity contribution < 1.29 is 32.6 Å². The molecule has 1 N–H and O–H groups in total. The quantitative estimate of drug-likeness (QED) is 0.0943. The summed E-state index contributed by atoms with van der Waals surface area (Å²) in [6.07, 6.45) is 15.9. The maximum absolute atomic E-state index is 12.7. The van der Waals surface area contributed by atoms with E-state index in [9.17, 15) is 18.0 Å². The monoisotopic (exact) mass is 560 g/mol. The van der Waals surface area contributed by atoms with Crippen LogP contribution >= 0.6 is 11.3 Å². The van der Waals surface area contributed by atoms with Gasteiger partial charge < -0.3 is 4.74 Å². The summed E-state index contributed by atoms with van der Waals surface area (Å²) in [7, 11) is -3.57. The van der Waals surface area contributed by atoms with E-state index in [1.807, 2.05) is 0 Å². The van der Waals surface area contributed by atoms with Gasteiger partial charge in [-0.15, -0.1) is 16.4 Å². The van der Waals surface area contributed by atoms with Gasteiger partial charge in [-0.3, -0.25) is 9.68 Å². The zero-order valence-corrected chi connectivity index (χ0v) is 24.0. The molecule has 0 atom stereocenters. The SMILES string of the molecule is CCCCCCCCCCCCNS(=O)(=O)c1ccc(CN(OOC(=O)COC(C)=O)C2CCCC2)s1. The van der Waals surface area contributed by atoms with Crippen molar-refractivity contribution in [3.05, 3.63) is 17.0 Å². The average Bonchev–Trinajstić information content (AvgIpc) is 3.56. The van der Waals surface area contributed by atoms with Gasteiger partial charge in [0.15, 0.2) is 6.61 Å². The number of esters is 1. The van der Waals surface area contributed by atoms with Crippen LogP contribution in [0.5, 0.6) is 0 Å². The zero-order valence-electron chi connectivity index (χ0n) is 22.4. The van der Waals surface area contributed by atoms with Crippen molar-refractivity contribution in [1.82, 2.24) is 9.79 Å². The summed E-state index contributed by atoms with van der Waals surface area (Å²) in [6.45, 7) is 3.62. The maximum Gasteiger partial charge on any atom is 0.381 e. The van der Waals surface area contributed by atoms with Gasteiger partial charge in [-0.25, -0.2) is 17.9 Å². The molecule has 1 aromatic heterocycles. The van der Waals surface area contributed by atoms with Gasteiger partial charge in [0.2, 0.25) is 10.0 Å². The highest BCUT2D eigenvalue weighted by Crippen LogP contribution is 2.28. The molecule has 1 aliphatic rings. The van der Waals surface area contributed by atoms with Crippen LogP contribution in [0, 0.1) is 0 Å². The highest BCUT2D eigenvalue weighted by Gasteiger charge is 2.27. The third-order valence-corrected chi connectivity index (χ3v) is 9.41. The van der Waals surface area contributed by atoms with E-state index >= 15 is 0 Å². The molecule has 0 radical (unpaired) electrons. The lowest BCUT2D eigenvalue weighted by Gasteiger charge is -2.24. The third kappa shape index (κ3) is 13.2. The van der Waals surface area contributed by atoms with Crippen molar-refractivity contribution in [2.45, 2.75) is 121 Å². The minimum absolute atomic E-state index is 0.0538. The van der Waals surface area contributed by atoms with E-state index in [2.05, 4.69) is 16.4 Å². The maximum atomic E-state index is 12.7. The van der Waals surface area contributed by atoms with Crippen LogP contribution in [0.4, 0.5) is 0 Å². The van der Waals surface area contributed by atoms with Crippen molar-refractivity contribution in [3.8, 4) is 0 Å². The Balaban J connectivity index is 1.74. The number of nitrogens with zero attached hydrogens (tertiary/aromatic N) is 1. The summed E-state index contributed by atoms with van der Waals surface area (Å²) in [4.78, 5) is 33.5. The number of thiophene rings is 1. The highest BCUT2D eigenvalue weighted by atomic mass is 32.2. The third-order valence-electron chi connectivity index (χ3n) is 6.39. The second-order valence-corrected chi connectivity index (χ2v) is 12.8. The molecule has 0 bridgehead atoms. The van der Waals surface area contributed by atoms with Gasteiger partial charge in [-0.2, -0.15) is 0 Å². The molecule has 0 spiro atoms. The molecule has 37 heavy (non-hydrogen) atoms. The van der Waals surface area contributed by atoms with Gasteiger partial charge in [0.05, 0.1) is 6.54 Å². The predicted octanol–water partition coefficient (Wildman–Crippen LogP) is 5.64. The van der Waals surface area contributed by atoms with Gasteiger partial charge in [0, 0.05) is 24.4 Å². The van der Waals surface area contributed by atoms with Crippen molar-refractivity contribution >= 4 is 33.3 Å². The fraction of sp³-hybridized carbons (Fsp3) is 0.769. The molecule has 1 aliphatic carbocycles. The Bertz CT molecular complexity index is 898. The number of unbranched alkanes of at least 4 members (excludes halogenated alkanes) is 9. The number of hydrogen-bond acceptors (Lipinski definition) is 9. The number of nitrogens with one attached hydrogen (secondary N) is 1. The molecular weight excluding hydrogens is 516 g/mol. The van der Waals surface area contributed by atoms with Gasteiger partial charge in [0.25, 0.3) is 0 Å². The van der Waals surface area contributed by atoms with E-state index < -0.39 is 28.6 Å². The Morgan fingerprint density at radius 3 is 2.24 bits per heavy atom. The minimum atomic E-state index is -3.57. The molecule has 0 unspecified atom stereocenters. The molecule has 1 saturated carbocycles. The number of sulfonamides is 1. The average molecular weight is 561 g/mol. The molecule has 1 aromatic rings. The first-order valence-corrected chi connectivity index (χ1v) is 16.0. The van der Waals surface area contributed by atoms with Crippen molar-refractivity contribution in [2.24, 2.45) is 0 Å². The first kappa shape index (κ1) is 31.7. The Hall–Kier alpha value is -1.53. The summed E-state index contributed by atoms with van der Waals surface area (Å²) >= 11 is 1.18. The predicted molar refractivity (Wildman–Crippen MR) is 143 cm³/mol. The lowest BCUT2D eigenvalue weighted by Crippen LogP contribution is -2.34. The largest absolute Gasteiger partial charge is 0.454 e. The highest BCUT2D eigenvalue weighted by molar-refractivity contribution is 7.91. The van der Waals surface area contributed by atoms with Crippen LogP contribution in [0.15, 0.2) is 16.3 Å². The van der Waals surface area contributed by atoms with Crippen LogP contribution < -0.4 is 4.72 Å². The smallest absolute Gasteiger partial charge is 0.381 e. The second kappa shape index (κ2) is 17.9. The van der Waals surface area contributed by atoms with Crippen LogP contribution in [-0.4, -0.2) is 44.6 Å². The topological polar surface area (TPSA) is 111 Å². The minimum Gasteiger partial charge on any atom is -0.454 e. The molecule has 9 nitrogen and oxygen atoms in total. The van der Waals surface area contributed by atoms with E-state index in [0.717, 1.165) is 49.8 Å². The molecule has 2 rings (SSSR count).